The maximum atomic E-state index is 11.9. The summed E-state index contributed by atoms with van der Waals surface area (Å²) >= 11 is 2.31. The molecule has 2 atom stereocenters. The molecule has 0 saturated carbocycles. The molecule has 1 aliphatic heterocycles. The highest BCUT2D eigenvalue weighted by Gasteiger charge is 2.23. The van der Waals surface area contributed by atoms with Gasteiger partial charge in [0.15, 0.2) is 0 Å². The van der Waals surface area contributed by atoms with Crippen LogP contribution in [0.5, 0.6) is 0 Å². The van der Waals surface area contributed by atoms with Crippen molar-refractivity contribution >= 4 is 28.5 Å². The predicted molar refractivity (Wildman–Crippen MR) is 89.9 cm³/mol. The first kappa shape index (κ1) is 17.7. The molecule has 1 aliphatic rings. The van der Waals surface area contributed by atoms with Crippen molar-refractivity contribution in [2.75, 3.05) is 39.8 Å². The fourth-order valence-corrected chi connectivity index (χ4v) is 2.39. The summed E-state index contributed by atoms with van der Waals surface area (Å²) in [7, 11) is 1.85. The zero-order valence-electron chi connectivity index (χ0n) is 12.9. The van der Waals surface area contributed by atoms with Gasteiger partial charge in [0.2, 0.25) is 5.91 Å². The Morgan fingerprint density at radius 3 is 2.80 bits per heavy atom. The largest absolute Gasteiger partial charge is 0.374 e. The Kier molecular flexibility index (Phi) is 7.85. The van der Waals surface area contributed by atoms with Crippen molar-refractivity contribution < 1.29 is 9.53 Å². The monoisotopic (exact) mass is 392 g/mol. The van der Waals surface area contributed by atoms with Gasteiger partial charge in [-0.15, -0.1) is 0 Å². The van der Waals surface area contributed by atoms with Gasteiger partial charge in [-0.25, -0.2) is 0 Å². The molecule has 0 N–H and O–H groups in total. The lowest BCUT2D eigenvalue weighted by Gasteiger charge is -2.34. The normalized spacial score (nSPS) is 21.2. The fourth-order valence-electron chi connectivity index (χ4n) is 2.17. The van der Waals surface area contributed by atoms with E-state index >= 15 is 0 Å². The number of hydrogen-bond donors (Lipinski definition) is 0. The van der Waals surface area contributed by atoms with Crippen molar-refractivity contribution in [3.63, 3.8) is 0 Å². The molecule has 0 radical (unpaired) electrons. The van der Waals surface area contributed by atoms with Gasteiger partial charge in [-0.1, -0.05) is 48.3 Å². The molecule has 0 spiro atoms. The molecule has 1 heterocycles. The van der Waals surface area contributed by atoms with E-state index in [9.17, 15) is 4.79 Å². The fraction of sp³-hybridized carbons (Fsp3) is 0.800. The number of likely N-dealkylation sites (N-methyl/N-ethyl adjacent to an activating group) is 1. The van der Waals surface area contributed by atoms with Crippen LogP contribution >= 0.6 is 22.6 Å². The minimum absolute atomic E-state index is 0.0377. The smallest absolute Gasteiger partial charge is 0.224 e. The lowest BCUT2D eigenvalue weighted by Crippen LogP contribution is -2.48. The molecule has 114 valence electrons. The number of ether oxygens (including phenoxy) is 1. The highest BCUT2D eigenvalue weighted by Crippen LogP contribution is 2.08. The quantitative estimate of drug-likeness (QED) is 0.414. The van der Waals surface area contributed by atoms with Gasteiger partial charge in [0.25, 0.3) is 0 Å². The summed E-state index contributed by atoms with van der Waals surface area (Å²) in [6.45, 7) is 9.86. The van der Waals surface area contributed by atoms with Crippen LogP contribution in [-0.2, 0) is 9.53 Å². The Morgan fingerprint density at radius 2 is 2.20 bits per heavy atom. The van der Waals surface area contributed by atoms with E-state index in [1.807, 2.05) is 20.9 Å². The van der Waals surface area contributed by atoms with E-state index in [2.05, 4.69) is 46.3 Å². The van der Waals surface area contributed by atoms with Crippen LogP contribution in [0.4, 0.5) is 0 Å². The Labute approximate surface area is 136 Å². The van der Waals surface area contributed by atoms with E-state index in [1.165, 1.54) is 0 Å². The van der Waals surface area contributed by atoms with Crippen molar-refractivity contribution in [3.05, 3.63) is 0 Å². The summed E-state index contributed by atoms with van der Waals surface area (Å²) in [5.74, 6) is 6.58. The summed E-state index contributed by atoms with van der Waals surface area (Å²) in [6, 6.07) is 0. The molecule has 0 aliphatic carbocycles. The third-order valence-corrected chi connectivity index (χ3v) is 3.49. The molecule has 1 rings (SSSR count). The van der Waals surface area contributed by atoms with Crippen LogP contribution < -0.4 is 0 Å². The van der Waals surface area contributed by atoms with Crippen LogP contribution in [0, 0.1) is 17.8 Å². The van der Waals surface area contributed by atoms with Gasteiger partial charge in [-0.2, -0.15) is 0 Å². The van der Waals surface area contributed by atoms with Crippen molar-refractivity contribution in [3.8, 4) is 11.8 Å². The molecule has 0 aromatic carbocycles. The first-order valence-corrected chi connectivity index (χ1v) is 8.36. The highest BCUT2D eigenvalue weighted by molar-refractivity contribution is 14.1. The van der Waals surface area contributed by atoms with Gasteiger partial charge >= 0.3 is 0 Å². The molecule has 1 unspecified atom stereocenters. The average Bonchev–Trinajstić information content (AvgIpc) is 2.37. The minimum atomic E-state index is 0.0377. The summed E-state index contributed by atoms with van der Waals surface area (Å²) in [5.41, 5.74) is 0. The number of carbonyl (C=O) groups excluding carboxylic acids is 1. The van der Waals surface area contributed by atoms with Gasteiger partial charge in [0.1, 0.15) is 0 Å². The lowest BCUT2D eigenvalue weighted by atomic mass is 10.2. The molecule has 0 aromatic rings. The second-order valence-corrected chi connectivity index (χ2v) is 7.41. The van der Waals surface area contributed by atoms with E-state index in [4.69, 9.17) is 4.74 Å². The summed E-state index contributed by atoms with van der Waals surface area (Å²) in [5, 5.41) is 0. The number of hydrogen-bond acceptors (Lipinski definition) is 3. The number of rotatable bonds is 4. The van der Waals surface area contributed by atoms with Crippen LogP contribution in [0.3, 0.4) is 0 Å². The number of amides is 1. The van der Waals surface area contributed by atoms with Gasteiger partial charge in [0.05, 0.1) is 23.2 Å². The molecule has 0 aromatic heterocycles. The summed E-state index contributed by atoms with van der Waals surface area (Å²) in [6.07, 6.45) is 0.0928. The number of morpholine rings is 1. The predicted octanol–water partition coefficient (Wildman–Crippen LogP) is 1.63. The highest BCUT2D eigenvalue weighted by atomic mass is 127. The first-order valence-electron chi connectivity index (χ1n) is 7.11. The van der Waals surface area contributed by atoms with Crippen LogP contribution in [-0.4, -0.2) is 65.6 Å². The van der Waals surface area contributed by atoms with E-state index in [0.29, 0.717) is 10.5 Å². The summed E-state index contributed by atoms with van der Waals surface area (Å²) < 4.78 is 6.14. The van der Waals surface area contributed by atoms with Crippen LogP contribution in [0.25, 0.3) is 0 Å². The minimum Gasteiger partial charge on any atom is -0.374 e. The van der Waals surface area contributed by atoms with Gasteiger partial charge in [-0.3, -0.25) is 9.69 Å². The molecule has 1 amide bonds. The van der Waals surface area contributed by atoms with Crippen molar-refractivity contribution in [1.29, 1.82) is 0 Å². The first-order chi connectivity index (χ1) is 9.40. The molecule has 1 fully saturated rings. The van der Waals surface area contributed by atoms with E-state index in [-0.39, 0.29) is 17.9 Å². The average molecular weight is 392 g/mol. The Bertz CT molecular complexity index is 374. The van der Waals surface area contributed by atoms with E-state index in [1.54, 1.807) is 4.90 Å². The Morgan fingerprint density at radius 1 is 1.50 bits per heavy atom. The second-order valence-electron chi connectivity index (χ2n) is 5.54. The lowest BCUT2D eigenvalue weighted by molar-refractivity contribution is -0.136. The maximum Gasteiger partial charge on any atom is 0.224 e. The number of nitrogens with zero attached hydrogens (tertiary/aromatic N) is 2. The van der Waals surface area contributed by atoms with Crippen LogP contribution in [0.15, 0.2) is 0 Å². The molecule has 20 heavy (non-hydrogen) atoms. The molecule has 0 bridgehead atoms. The van der Waals surface area contributed by atoms with Gasteiger partial charge in [-0.05, 0) is 6.92 Å². The van der Waals surface area contributed by atoms with E-state index in [0.717, 1.165) is 26.2 Å². The third kappa shape index (κ3) is 6.42. The SMILES string of the molecule is CC(I)C#CCN1CCO[C@@H](CN(C)C(=O)C(C)C)C1. The van der Waals surface area contributed by atoms with Crippen LogP contribution in [0.2, 0.25) is 0 Å². The second kappa shape index (κ2) is 8.85. The summed E-state index contributed by atoms with van der Waals surface area (Å²) in [4.78, 5) is 16.0. The maximum absolute atomic E-state index is 11.9. The topological polar surface area (TPSA) is 32.8 Å². The van der Waals surface area contributed by atoms with E-state index < -0.39 is 0 Å². The third-order valence-electron chi connectivity index (χ3n) is 3.17. The van der Waals surface area contributed by atoms with Gasteiger partial charge in [0, 0.05) is 32.6 Å². The molecule has 5 heteroatoms. The number of carbonyl (C=O) groups is 1. The van der Waals surface area contributed by atoms with Crippen molar-refractivity contribution in [2.45, 2.75) is 30.8 Å². The van der Waals surface area contributed by atoms with Gasteiger partial charge < -0.3 is 9.64 Å². The Hall–Kier alpha value is -0.320. The standard InChI is InChI=1S/C15H25IN2O2/c1-12(2)15(19)17(4)10-14-11-18(8-9-20-14)7-5-6-13(3)16/h12-14H,7-11H2,1-4H3/t13?,14-/m0/s1. The zero-order chi connectivity index (χ0) is 15.1. The molecular formula is C15H25IN2O2. The molecule has 4 nitrogen and oxygen atoms in total. The Balaban J connectivity index is 2.41. The van der Waals surface area contributed by atoms with Crippen LogP contribution in [0.1, 0.15) is 20.8 Å². The number of halogens is 1. The molecule has 1 saturated heterocycles. The zero-order valence-corrected chi connectivity index (χ0v) is 15.0. The number of alkyl halides is 1. The van der Waals surface area contributed by atoms with Crippen molar-refractivity contribution in [1.82, 2.24) is 9.80 Å². The molecular weight excluding hydrogens is 367 g/mol. The van der Waals surface area contributed by atoms with Crippen molar-refractivity contribution in [2.24, 2.45) is 5.92 Å².